The summed E-state index contributed by atoms with van der Waals surface area (Å²) in [5.74, 6) is -0.310. The molecule has 3 N–H and O–H groups in total. The SMILES string of the molecule is CCCCCCC(O)CNCCS(=O)(=O)O. The summed E-state index contributed by atoms with van der Waals surface area (Å²) in [5.41, 5.74) is 0. The van der Waals surface area contributed by atoms with Crippen molar-refractivity contribution in [1.29, 1.82) is 0 Å². The highest BCUT2D eigenvalue weighted by Crippen LogP contribution is 2.04. The highest BCUT2D eigenvalue weighted by molar-refractivity contribution is 7.85. The highest BCUT2D eigenvalue weighted by atomic mass is 32.2. The Hall–Kier alpha value is -0.170. The van der Waals surface area contributed by atoms with Gasteiger partial charge in [-0.05, 0) is 6.42 Å². The van der Waals surface area contributed by atoms with Crippen molar-refractivity contribution >= 4 is 10.1 Å². The minimum absolute atomic E-state index is 0.171. The van der Waals surface area contributed by atoms with E-state index in [9.17, 15) is 13.5 Å². The van der Waals surface area contributed by atoms with E-state index in [1.807, 2.05) is 0 Å². The minimum atomic E-state index is -3.89. The number of rotatable bonds is 10. The van der Waals surface area contributed by atoms with E-state index in [0.29, 0.717) is 6.54 Å². The molecule has 0 aromatic rings. The third-order valence-electron chi connectivity index (χ3n) is 2.31. The van der Waals surface area contributed by atoms with Crippen LogP contribution in [0.3, 0.4) is 0 Å². The van der Waals surface area contributed by atoms with E-state index in [1.54, 1.807) is 0 Å². The van der Waals surface area contributed by atoms with Crippen LogP contribution in [0.5, 0.6) is 0 Å². The van der Waals surface area contributed by atoms with Crippen LogP contribution in [-0.4, -0.2) is 43.0 Å². The second-order valence-electron chi connectivity index (χ2n) is 3.99. The number of aliphatic hydroxyl groups excluding tert-OH is 1. The summed E-state index contributed by atoms with van der Waals surface area (Å²) in [7, 11) is -3.89. The summed E-state index contributed by atoms with van der Waals surface area (Å²) in [5, 5.41) is 12.3. The lowest BCUT2D eigenvalue weighted by atomic mass is 10.1. The quantitative estimate of drug-likeness (QED) is 0.396. The molecular weight excluding hydrogens is 230 g/mol. The van der Waals surface area contributed by atoms with Crippen molar-refractivity contribution < 1.29 is 18.1 Å². The van der Waals surface area contributed by atoms with Gasteiger partial charge < -0.3 is 10.4 Å². The molecule has 0 aliphatic heterocycles. The molecule has 0 amide bonds. The molecule has 0 aliphatic carbocycles. The van der Waals surface area contributed by atoms with Gasteiger partial charge in [-0.25, -0.2) is 0 Å². The van der Waals surface area contributed by atoms with Crippen molar-refractivity contribution in [3.05, 3.63) is 0 Å². The van der Waals surface area contributed by atoms with Crippen LogP contribution in [0.1, 0.15) is 39.0 Å². The summed E-state index contributed by atoms with van der Waals surface area (Å²) >= 11 is 0. The first-order valence-electron chi connectivity index (χ1n) is 5.79. The molecule has 0 rings (SSSR count). The standard InChI is InChI=1S/C10H23NO4S/c1-2-3-4-5-6-10(12)9-11-7-8-16(13,14)15/h10-12H,2-9H2,1H3,(H,13,14,15). The van der Waals surface area contributed by atoms with E-state index in [2.05, 4.69) is 12.2 Å². The third-order valence-corrected chi connectivity index (χ3v) is 3.03. The Morgan fingerprint density at radius 1 is 1.25 bits per heavy atom. The number of unbranched alkanes of at least 4 members (excludes halogenated alkanes) is 3. The Morgan fingerprint density at radius 3 is 2.50 bits per heavy atom. The first-order chi connectivity index (χ1) is 7.45. The van der Waals surface area contributed by atoms with Gasteiger partial charge in [0.15, 0.2) is 0 Å². The van der Waals surface area contributed by atoms with Crippen LogP contribution >= 0.6 is 0 Å². The molecular formula is C10H23NO4S. The van der Waals surface area contributed by atoms with E-state index < -0.39 is 16.2 Å². The zero-order valence-corrected chi connectivity index (χ0v) is 10.7. The number of hydrogen-bond acceptors (Lipinski definition) is 4. The van der Waals surface area contributed by atoms with Crippen LogP contribution < -0.4 is 5.32 Å². The van der Waals surface area contributed by atoms with Gasteiger partial charge in [0.1, 0.15) is 0 Å². The highest BCUT2D eigenvalue weighted by Gasteiger charge is 2.06. The number of aliphatic hydroxyl groups is 1. The Balaban J connectivity index is 3.33. The molecule has 98 valence electrons. The van der Waals surface area contributed by atoms with Crippen molar-refractivity contribution in [2.75, 3.05) is 18.8 Å². The van der Waals surface area contributed by atoms with Gasteiger partial charge in [0.2, 0.25) is 0 Å². The van der Waals surface area contributed by atoms with Gasteiger partial charge >= 0.3 is 0 Å². The van der Waals surface area contributed by atoms with Gasteiger partial charge in [0, 0.05) is 13.1 Å². The zero-order chi connectivity index (χ0) is 12.4. The topological polar surface area (TPSA) is 86.6 Å². The first kappa shape index (κ1) is 15.8. The van der Waals surface area contributed by atoms with Crippen molar-refractivity contribution in [3.8, 4) is 0 Å². The van der Waals surface area contributed by atoms with Crippen LogP contribution in [0.2, 0.25) is 0 Å². The number of nitrogens with one attached hydrogen (secondary N) is 1. The maximum atomic E-state index is 10.4. The molecule has 5 nitrogen and oxygen atoms in total. The largest absolute Gasteiger partial charge is 0.392 e. The normalized spacial score (nSPS) is 13.9. The van der Waals surface area contributed by atoms with E-state index in [-0.39, 0.29) is 12.3 Å². The average molecular weight is 253 g/mol. The molecule has 1 atom stereocenters. The Kier molecular flexibility index (Phi) is 8.83. The van der Waals surface area contributed by atoms with Crippen molar-refractivity contribution in [1.82, 2.24) is 5.32 Å². The van der Waals surface area contributed by atoms with Crippen LogP contribution in [0, 0.1) is 0 Å². The fourth-order valence-electron chi connectivity index (χ4n) is 1.38. The molecule has 0 radical (unpaired) electrons. The second-order valence-corrected chi connectivity index (χ2v) is 5.57. The Morgan fingerprint density at radius 2 is 1.94 bits per heavy atom. The smallest absolute Gasteiger partial charge is 0.266 e. The van der Waals surface area contributed by atoms with Crippen molar-refractivity contribution in [2.24, 2.45) is 0 Å². The predicted octanol–water partition coefficient (Wildman–Crippen LogP) is 0.795. The van der Waals surface area contributed by atoms with E-state index in [1.165, 1.54) is 12.8 Å². The molecule has 16 heavy (non-hydrogen) atoms. The summed E-state index contributed by atoms with van der Waals surface area (Å²) in [6.07, 6.45) is 4.77. The van der Waals surface area contributed by atoms with Crippen LogP contribution in [-0.2, 0) is 10.1 Å². The zero-order valence-electron chi connectivity index (χ0n) is 9.85. The molecule has 1 unspecified atom stereocenters. The minimum Gasteiger partial charge on any atom is -0.392 e. The third kappa shape index (κ3) is 11.9. The fraction of sp³-hybridized carbons (Fsp3) is 1.00. The molecule has 0 bridgehead atoms. The second kappa shape index (κ2) is 8.92. The van der Waals surface area contributed by atoms with E-state index in [4.69, 9.17) is 4.55 Å². The van der Waals surface area contributed by atoms with Gasteiger partial charge in [0.25, 0.3) is 10.1 Å². The van der Waals surface area contributed by atoms with Gasteiger partial charge in [-0.2, -0.15) is 8.42 Å². The summed E-state index contributed by atoms with van der Waals surface area (Å²) < 4.78 is 29.2. The molecule has 0 saturated carbocycles. The number of hydrogen-bond donors (Lipinski definition) is 3. The van der Waals surface area contributed by atoms with Gasteiger partial charge in [-0.3, -0.25) is 4.55 Å². The lowest BCUT2D eigenvalue weighted by Gasteiger charge is -2.10. The molecule has 0 aliphatic rings. The average Bonchev–Trinajstić information content (AvgIpc) is 2.18. The van der Waals surface area contributed by atoms with Gasteiger partial charge in [-0.1, -0.05) is 32.6 Å². The Labute approximate surface area is 98.0 Å². The summed E-state index contributed by atoms with van der Waals surface area (Å²) in [6, 6.07) is 0. The Bertz CT molecular complexity index is 254. The van der Waals surface area contributed by atoms with Crippen molar-refractivity contribution in [3.63, 3.8) is 0 Å². The van der Waals surface area contributed by atoms with Crippen molar-refractivity contribution in [2.45, 2.75) is 45.1 Å². The van der Waals surface area contributed by atoms with Gasteiger partial charge in [0.05, 0.1) is 11.9 Å². The van der Waals surface area contributed by atoms with Crippen LogP contribution in [0.15, 0.2) is 0 Å². The maximum Gasteiger partial charge on any atom is 0.266 e. The summed E-state index contributed by atoms with van der Waals surface area (Å²) in [6.45, 7) is 2.68. The molecule has 0 heterocycles. The first-order valence-corrected chi connectivity index (χ1v) is 7.40. The van der Waals surface area contributed by atoms with E-state index >= 15 is 0 Å². The predicted molar refractivity (Wildman–Crippen MR) is 64.1 cm³/mol. The molecule has 0 spiro atoms. The molecule has 6 heteroatoms. The van der Waals surface area contributed by atoms with Crippen LogP contribution in [0.4, 0.5) is 0 Å². The van der Waals surface area contributed by atoms with E-state index in [0.717, 1.165) is 19.3 Å². The van der Waals surface area contributed by atoms with Gasteiger partial charge in [-0.15, -0.1) is 0 Å². The fourth-order valence-corrected chi connectivity index (χ4v) is 1.78. The monoisotopic (exact) mass is 253 g/mol. The summed E-state index contributed by atoms with van der Waals surface area (Å²) in [4.78, 5) is 0. The van der Waals surface area contributed by atoms with Crippen LogP contribution in [0.25, 0.3) is 0 Å². The maximum absolute atomic E-state index is 10.4. The lowest BCUT2D eigenvalue weighted by Crippen LogP contribution is -2.30. The molecule has 0 aromatic heterocycles. The lowest BCUT2D eigenvalue weighted by molar-refractivity contribution is 0.158. The molecule has 0 fully saturated rings. The molecule has 0 saturated heterocycles. The molecule has 0 aromatic carbocycles.